The van der Waals surface area contributed by atoms with Crippen molar-refractivity contribution in [3.05, 3.63) is 54.0 Å². The molecule has 8 nitrogen and oxygen atoms in total. The van der Waals surface area contributed by atoms with E-state index in [1.807, 2.05) is 31.2 Å². The van der Waals surface area contributed by atoms with Crippen LogP contribution in [-0.4, -0.2) is 42.4 Å². The molecule has 0 bridgehead atoms. The number of nitrogens with zero attached hydrogens (tertiary/aromatic N) is 1. The summed E-state index contributed by atoms with van der Waals surface area (Å²) in [6.07, 6.45) is 2.78. The number of amides is 4. The second-order valence-corrected chi connectivity index (χ2v) is 7.13. The second-order valence-electron chi connectivity index (χ2n) is 7.13. The molecule has 1 aliphatic heterocycles. The van der Waals surface area contributed by atoms with Crippen LogP contribution in [0.1, 0.15) is 24.2 Å². The molecule has 2 aromatic rings. The van der Waals surface area contributed by atoms with Crippen LogP contribution in [0.25, 0.3) is 0 Å². The van der Waals surface area contributed by atoms with Crippen molar-refractivity contribution in [3.63, 3.8) is 0 Å². The molecule has 8 heteroatoms. The van der Waals surface area contributed by atoms with Crippen molar-refractivity contribution >= 4 is 23.5 Å². The summed E-state index contributed by atoms with van der Waals surface area (Å²) in [5.74, 6) is 0.413. The highest BCUT2D eigenvalue weighted by Crippen LogP contribution is 2.17. The molecule has 154 valence electrons. The summed E-state index contributed by atoms with van der Waals surface area (Å²) in [5.41, 5.74) is 1.71. The highest BCUT2D eigenvalue weighted by Gasteiger charge is 2.27. The topological polar surface area (TPSA) is 104 Å². The Morgan fingerprint density at radius 2 is 1.90 bits per heavy atom. The third-order valence-corrected chi connectivity index (χ3v) is 4.91. The highest BCUT2D eigenvalue weighted by molar-refractivity contribution is 5.92. The average molecular weight is 398 g/mol. The number of aryl methyl sites for hydroxylation is 1. The highest BCUT2D eigenvalue weighted by atomic mass is 16.3. The first-order valence-corrected chi connectivity index (χ1v) is 9.70. The van der Waals surface area contributed by atoms with Crippen LogP contribution < -0.4 is 16.0 Å². The molecule has 1 saturated heterocycles. The molecule has 0 radical (unpaired) electrons. The number of benzene rings is 1. The number of piperidine rings is 1. The number of carbonyl (C=O) groups is 3. The van der Waals surface area contributed by atoms with Gasteiger partial charge >= 0.3 is 6.03 Å². The summed E-state index contributed by atoms with van der Waals surface area (Å²) in [6, 6.07) is 10.6. The molecule has 0 unspecified atom stereocenters. The van der Waals surface area contributed by atoms with Crippen LogP contribution in [0, 0.1) is 12.8 Å². The van der Waals surface area contributed by atoms with Gasteiger partial charge in [0.05, 0.1) is 19.4 Å². The van der Waals surface area contributed by atoms with E-state index in [-0.39, 0.29) is 24.3 Å². The first-order valence-electron chi connectivity index (χ1n) is 9.70. The van der Waals surface area contributed by atoms with E-state index in [9.17, 15) is 14.4 Å². The number of anilines is 1. The Morgan fingerprint density at radius 3 is 2.59 bits per heavy atom. The number of carbonyl (C=O) groups excluding carboxylic acids is 3. The Bertz CT molecular complexity index is 842. The van der Waals surface area contributed by atoms with E-state index < -0.39 is 6.03 Å². The SMILES string of the molecule is Cc1cccc(NC(=O)NCC(=O)N2CCC(C(=O)NCc3ccco3)CC2)c1. The fourth-order valence-electron chi connectivity index (χ4n) is 3.29. The number of urea groups is 1. The molecule has 1 aliphatic rings. The molecular weight excluding hydrogens is 372 g/mol. The summed E-state index contributed by atoms with van der Waals surface area (Å²) in [5, 5.41) is 8.16. The predicted molar refractivity (Wildman–Crippen MR) is 108 cm³/mol. The lowest BCUT2D eigenvalue weighted by Crippen LogP contribution is -2.46. The first kappa shape index (κ1) is 20.4. The molecule has 1 aromatic heterocycles. The normalized spacial score (nSPS) is 14.3. The van der Waals surface area contributed by atoms with Crippen LogP contribution in [0.5, 0.6) is 0 Å². The van der Waals surface area contributed by atoms with E-state index in [2.05, 4.69) is 16.0 Å². The lowest BCUT2D eigenvalue weighted by Gasteiger charge is -2.31. The maximum atomic E-state index is 12.3. The molecular formula is C21H26N4O4. The van der Waals surface area contributed by atoms with Crippen molar-refractivity contribution in [2.75, 3.05) is 25.0 Å². The number of hydrogen-bond acceptors (Lipinski definition) is 4. The van der Waals surface area contributed by atoms with Crippen LogP contribution in [0.15, 0.2) is 47.1 Å². The predicted octanol–water partition coefficient (Wildman–Crippen LogP) is 2.26. The Balaban J connectivity index is 1.36. The molecule has 0 aliphatic carbocycles. The van der Waals surface area contributed by atoms with Crippen molar-refractivity contribution in [2.45, 2.75) is 26.3 Å². The molecule has 4 amide bonds. The van der Waals surface area contributed by atoms with Crippen molar-refractivity contribution in [2.24, 2.45) is 5.92 Å². The summed E-state index contributed by atoms with van der Waals surface area (Å²) in [7, 11) is 0. The van der Waals surface area contributed by atoms with Gasteiger partial charge in [0, 0.05) is 24.7 Å². The van der Waals surface area contributed by atoms with Gasteiger partial charge in [-0.25, -0.2) is 4.79 Å². The fourth-order valence-corrected chi connectivity index (χ4v) is 3.29. The third-order valence-electron chi connectivity index (χ3n) is 4.91. The van der Waals surface area contributed by atoms with Crippen LogP contribution >= 0.6 is 0 Å². The number of rotatable bonds is 6. The van der Waals surface area contributed by atoms with E-state index in [0.717, 1.165) is 5.56 Å². The minimum absolute atomic E-state index is 0.0239. The lowest BCUT2D eigenvalue weighted by molar-refractivity contribution is -0.134. The number of furan rings is 1. The molecule has 0 spiro atoms. The van der Waals surface area contributed by atoms with Crippen molar-refractivity contribution in [1.29, 1.82) is 0 Å². The average Bonchev–Trinajstić information content (AvgIpc) is 3.24. The van der Waals surface area contributed by atoms with Gasteiger partial charge in [0.2, 0.25) is 11.8 Å². The quantitative estimate of drug-likeness (QED) is 0.694. The van der Waals surface area contributed by atoms with Gasteiger partial charge in [0.15, 0.2) is 0 Å². The van der Waals surface area contributed by atoms with Crippen LogP contribution in [0.2, 0.25) is 0 Å². The van der Waals surface area contributed by atoms with Gasteiger partial charge in [0.1, 0.15) is 5.76 Å². The number of hydrogen-bond donors (Lipinski definition) is 3. The fraction of sp³-hybridized carbons (Fsp3) is 0.381. The number of likely N-dealkylation sites (tertiary alicyclic amines) is 1. The van der Waals surface area contributed by atoms with Gasteiger partial charge in [-0.15, -0.1) is 0 Å². The Labute approximate surface area is 169 Å². The van der Waals surface area contributed by atoms with Gasteiger partial charge in [-0.1, -0.05) is 12.1 Å². The first-order chi connectivity index (χ1) is 14.0. The molecule has 3 rings (SSSR count). The second kappa shape index (κ2) is 9.77. The molecule has 29 heavy (non-hydrogen) atoms. The Morgan fingerprint density at radius 1 is 1.10 bits per heavy atom. The maximum absolute atomic E-state index is 12.3. The van der Waals surface area contributed by atoms with Gasteiger partial charge in [0.25, 0.3) is 0 Å². The van der Waals surface area contributed by atoms with Crippen molar-refractivity contribution < 1.29 is 18.8 Å². The van der Waals surface area contributed by atoms with Crippen LogP contribution in [0.3, 0.4) is 0 Å². The zero-order chi connectivity index (χ0) is 20.6. The van der Waals surface area contributed by atoms with Gasteiger partial charge < -0.3 is 25.3 Å². The Hall–Kier alpha value is -3.29. The third kappa shape index (κ3) is 6.10. The van der Waals surface area contributed by atoms with E-state index in [1.165, 1.54) is 0 Å². The molecule has 2 heterocycles. The smallest absolute Gasteiger partial charge is 0.319 e. The summed E-state index contributed by atoms with van der Waals surface area (Å²) < 4.78 is 5.20. The van der Waals surface area contributed by atoms with E-state index in [1.54, 1.807) is 23.3 Å². The van der Waals surface area contributed by atoms with Gasteiger partial charge in [-0.2, -0.15) is 0 Å². The van der Waals surface area contributed by atoms with Gasteiger partial charge in [-0.3, -0.25) is 9.59 Å². The van der Waals surface area contributed by atoms with Gasteiger partial charge in [-0.05, 0) is 49.6 Å². The zero-order valence-electron chi connectivity index (χ0n) is 16.4. The summed E-state index contributed by atoms with van der Waals surface area (Å²) >= 11 is 0. The minimum atomic E-state index is -0.420. The minimum Gasteiger partial charge on any atom is -0.467 e. The largest absolute Gasteiger partial charge is 0.467 e. The van der Waals surface area contributed by atoms with Crippen molar-refractivity contribution in [1.82, 2.24) is 15.5 Å². The zero-order valence-corrected chi connectivity index (χ0v) is 16.4. The molecule has 1 fully saturated rings. The van der Waals surface area contributed by atoms with E-state index in [0.29, 0.717) is 43.9 Å². The van der Waals surface area contributed by atoms with E-state index in [4.69, 9.17) is 4.42 Å². The van der Waals surface area contributed by atoms with Crippen LogP contribution in [-0.2, 0) is 16.1 Å². The summed E-state index contributed by atoms with van der Waals surface area (Å²) in [6.45, 7) is 3.23. The van der Waals surface area contributed by atoms with Crippen molar-refractivity contribution in [3.8, 4) is 0 Å². The number of nitrogens with one attached hydrogen (secondary N) is 3. The maximum Gasteiger partial charge on any atom is 0.319 e. The molecule has 0 atom stereocenters. The monoisotopic (exact) mass is 398 g/mol. The lowest BCUT2D eigenvalue weighted by atomic mass is 9.96. The Kier molecular flexibility index (Phi) is 6.89. The van der Waals surface area contributed by atoms with Crippen LogP contribution in [0.4, 0.5) is 10.5 Å². The summed E-state index contributed by atoms with van der Waals surface area (Å²) in [4.78, 5) is 38.3. The molecule has 0 saturated carbocycles. The van der Waals surface area contributed by atoms with E-state index >= 15 is 0 Å². The molecule has 1 aromatic carbocycles. The molecule has 3 N–H and O–H groups in total. The standard InChI is InChI=1S/C21H26N4O4/c1-15-4-2-5-17(12-15)24-21(28)23-14-19(26)25-9-7-16(8-10-25)20(27)22-13-18-6-3-11-29-18/h2-6,11-12,16H,7-10,13-14H2,1H3,(H,22,27)(H2,23,24,28).